The van der Waals surface area contributed by atoms with Crippen molar-refractivity contribution in [3.63, 3.8) is 0 Å². The molecule has 11 heteroatoms. The van der Waals surface area contributed by atoms with Crippen molar-refractivity contribution < 1.29 is 18.4 Å². The van der Waals surface area contributed by atoms with E-state index in [4.69, 9.17) is 15.2 Å². The maximum atomic E-state index is 13.7. The highest BCUT2D eigenvalue weighted by atomic mass is 32.2. The van der Waals surface area contributed by atoms with E-state index in [0.29, 0.717) is 24.7 Å². The topological polar surface area (TPSA) is 113 Å². The molecule has 1 atom stereocenters. The number of halogens is 1. The van der Waals surface area contributed by atoms with Gasteiger partial charge >= 0.3 is 0 Å². The van der Waals surface area contributed by atoms with E-state index in [2.05, 4.69) is 20.3 Å². The number of nitrogens with two attached hydrogens (primary N) is 1. The first kappa shape index (κ1) is 28.5. The first-order chi connectivity index (χ1) is 20.4. The molecule has 0 spiro atoms. The van der Waals surface area contributed by atoms with Crippen LogP contribution in [0.5, 0.6) is 11.5 Å². The van der Waals surface area contributed by atoms with Gasteiger partial charge in [-0.05, 0) is 60.8 Å². The van der Waals surface area contributed by atoms with Crippen molar-refractivity contribution in [1.82, 2.24) is 14.7 Å². The lowest BCUT2D eigenvalue weighted by molar-refractivity contribution is 0.255. The van der Waals surface area contributed by atoms with Crippen molar-refractivity contribution in [2.75, 3.05) is 50.2 Å². The predicted molar refractivity (Wildman–Crippen MR) is 164 cm³/mol. The summed E-state index contributed by atoms with van der Waals surface area (Å²) in [5.41, 5.74) is 10.00. The van der Waals surface area contributed by atoms with Gasteiger partial charge in [-0.15, -0.1) is 0 Å². The molecular weight excluding hydrogens is 555 g/mol. The Bertz CT molecular complexity index is 1590. The average Bonchev–Trinajstić information content (AvgIpc) is 3.39. The summed E-state index contributed by atoms with van der Waals surface area (Å²) in [6.07, 6.45) is 5.29. The maximum absolute atomic E-state index is 13.7. The Morgan fingerprint density at radius 2 is 1.95 bits per heavy atom. The Morgan fingerprint density at radius 3 is 2.76 bits per heavy atom. The van der Waals surface area contributed by atoms with Crippen LogP contribution in [-0.2, 0) is 23.4 Å². The van der Waals surface area contributed by atoms with E-state index in [1.165, 1.54) is 12.1 Å². The van der Waals surface area contributed by atoms with Gasteiger partial charge in [-0.1, -0.05) is 29.4 Å². The van der Waals surface area contributed by atoms with Crippen LogP contribution < -0.4 is 20.5 Å². The monoisotopic (exact) mass is 590 g/mol. The van der Waals surface area contributed by atoms with Crippen LogP contribution in [0.2, 0.25) is 0 Å². The highest BCUT2D eigenvalue weighted by Gasteiger charge is 2.35. The molecule has 42 heavy (non-hydrogen) atoms. The molecule has 1 fully saturated rings. The molecule has 9 nitrogen and oxygen atoms in total. The molecule has 0 amide bonds. The number of hydrogen-bond acceptors (Lipinski definition) is 8. The number of anilines is 1. The Labute approximate surface area is 247 Å². The molecule has 3 heterocycles. The number of ether oxygens (including phenoxy) is 2. The lowest BCUT2D eigenvalue weighted by atomic mass is 9.89. The Morgan fingerprint density at radius 1 is 1.10 bits per heavy atom. The smallest absolute Gasteiger partial charge is 0.163 e. The number of benzene rings is 3. The van der Waals surface area contributed by atoms with E-state index in [1.807, 2.05) is 41.1 Å². The fourth-order valence-electron chi connectivity index (χ4n) is 5.55. The van der Waals surface area contributed by atoms with Crippen LogP contribution in [0, 0.1) is 5.82 Å². The molecule has 2 aliphatic heterocycles. The van der Waals surface area contributed by atoms with Crippen LogP contribution in [0.1, 0.15) is 29.5 Å². The third-order valence-corrected chi connectivity index (χ3v) is 9.18. The van der Waals surface area contributed by atoms with Crippen molar-refractivity contribution in [3.8, 4) is 11.5 Å². The first-order valence-corrected chi connectivity index (χ1v) is 15.6. The van der Waals surface area contributed by atoms with Gasteiger partial charge in [0.15, 0.2) is 17.2 Å². The average molecular weight is 591 g/mol. The molecule has 220 valence electrons. The number of aliphatic imine (C=N–C) groups is 1. The number of rotatable bonds is 10. The molecular formula is C31H35FN6O3S. The summed E-state index contributed by atoms with van der Waals surface area (Å²) in [5, 5.41) is 8.65. The summed E-state index contributed by atoms with van der Waals surface area (Å²) < 4.78 is 39.0. The molecule has 0 aliphatic carbocycles. The molecule has 2 aliphatic rings. The minimum Gasteiger partial charge on any atom is -0.616 e. The van der Waals surface area contributed by atoms with E-state index in [1.54, 1.807) is 25.7 Å². The Hall–Kier alpha value is -3.64. The maximum Gasteiger partial charge on any atom is 0.163 e. The summed E-state index contributed by atoms with van der Waals surface area (Å²) in [7, 11) is 1.62. The zero-order valence-electron chi connectivity index (χ0n) is 23.6. The zero-order chi connectivity index (χ0) is 29.1. The molecule has 0 saturated carbocycles. The highest BCUT2D eigenvalue weighted by Crippen LogP contribution is 2.42. The van der Waals surface area contributed by atoms with Crippen LogP contribution in [0.15, 0.2) is 65.8 Å². The van der Waals surface area contributed by atoms with E-state index < -0.39 is 16.8 Å². The van der Waals surface area contributed by atoms with Crippen LogP contribution in [0.4, 0.5) is 10.1 Å². The number of hydrogen-bond donors (Lipinski definition) is 2. The summed E-state index contributed by atoms with van der Waals surface area (Å²) in [6.45, 7) is 3.78. The molecule has 1 unspecified atom stereocenters. The first-order valence-electron chi connectivity index (χ1n) is 14.2. The third-order valence-electron chi connectivity index (χ3n) is 7.90. The molecule has 0 bridgehead atoms. The van der Waals surface area contributed by atoms with Crippen molar-refractivity contribution in [2.45, 2.75) is 25.0 Å². The molecule has 4 aromatic rings. The van der Waals surface area contributed by atoms with Gasteiger partial charge in [0, 0.05) is 30.1 Å². The number of fused-ring (bicyclic) bond motifs is 2. The quantitative estimate of drug-likeness (QED) is 0.212. The number of aromatic nitrogens is 2. The second-order valence-electron chi connectivity index (χ2n) is 10.7. The van der Waals surface area contributed by atoms with Gasteiger partial charge in [0.1, 0.15) is 17.3 Å². The Balaban J connectivity index is 1.19. The normalized spacial score (nSPS) is 19.0. The summed E-state index contributed by atoms with van der Waals surface area (Å²) in [6, 6.07) is 16.3. The number of unbranched alkanes of at least 4 members (excludes halogenated alkanes) is 1. The van der Waals surface area contributed by atoms with E-state index in [0.717, 1.165) is 77.3 Å². The molecule has 1 saturated heterocycles. The standard InChI is InChI=1S/C31H35FN6O3S/c1-40-29-18-27-26(17-30(29)41-12-3-2-9-37-10-13-42(39)14-11-37)31(33,35-21-34-27)24-7-8-28-23(16-24)19-36-38(28)20-22-5-4-6-25(32)15-22/h4-8,15-19,21H,2-3,9-14,20,33H2,1H3,(H,34,35). The third kappa shape index (κ3) is 5.96. The summed E-state index contributed by atoms with van der Waals surface area (Å²) in [5.74, 6) is 2.50. The molecule has 0 radical (unpaired) electrons. The van der Waals surface area contributed by atoms with E-state index in [9.17, 15) is 8.94 Å². The van der Waals surface area contributed by atoms with Gasteiger partial charge in [-0.25, -0.2) is 9.38 Å². The van der Waals surface area contributed by atoms with Crippen molar-refractivity contribution in [1.29, 1.82) is 0 Å². The summed E-state index contributed by atoms with van der Waals surface area (Å²) >= 11 is -0.656. The fraction of sp³-hybridized carbons (Fsp3) is 0.355. The second-order valence-corrected chi connectivity index (χ2v) is 12.4. The van der Waals surface area contributed by atoms with Gasteiger partial charge in [0.05, 0.1) is 44.0 Å². The van der Waals surface area contributed by atoms with Gasteiger partial charge < -0.3 is 19.3 Å². The molecule has 3 aromatic carbocycles. The fourth-order valence-corrected chi connectivity index (χ4v) is 6.68. The van der Waals surface area contributed by atoms with Crippen LogP contribution >= 0.6 is 0 Å². The summed E-state index contributed by atoms with van der Waals surface area (Å²) in [4.78, 5) is 7.05. The molecule has 3 N–H and O–H groups in total. The predicted octanol–water partition coefficient (Wildman–Crippen LogP) is 4.07. The van der Waals surface area contributed by atoms with Gasteiger partial charge in [-0.3, -0.25) is 15.3 Å². The largest absolute Gasteiger partial charge is 0.616 e. The lowest BCUT2D eigenvalue weighted by Gasteiger charge is -2.32. The second kappa shape index (κ2) is 12.3. The SMILES string of the molecule is COc1cc2c(cc1OCCCCN1CC[S+]([O-])CC1)C(N)(c1ccc3c(cnn3Cc3cccc(F)c3)c1)N=CN2. The highest BCUT2D eigenvalue weighted by molar-refractivity contribution is 7.91. The minimum absolute atomic E-state index is 0.268. The van der Waals surface area contributed by atoms with Crippen LogP contribution in [0.3, 0.4) is 0 Å². The minimum atomic E-state index is -1.15. The van der Waals surface area contributed by atoms with Gasteiger partial charge in [0.2, 0.25) is 0 Å². The number of nitrogens with zero attached hydrogens (tertiary/aromatic N) is 4. The zero-order valence-corrected chi connectivity index (χ0v) is 24.4. The van der Waals surface area contributed by atoms with Gasteiger partial charge in [0.25, 0.3) is 0 Å². The number of methoxy groups -OCH3 is 1. The Kier molecular flexibility index (Phi) is 8.34. The van der Waals surface area contributed by atoms with Gasteiger partial charge in [-0.2, -0.15) is 5.10 Å². The van der Waals surface area contributed by atoms with Crippen molar-refractivity contribution in [2.24, 2.45) is 10.7 Å². The van der Waals surface area contributed by atoms with Crippen molar-refractivity contribution in [3.05, 3.63) is 83.3 Å². The number of nitrogens with one attached hydrogen (secondary N) is 1. The lowest BCUT2D eigenvalue weighted by Crippen LogP contribution is -2.40. The molecule has 6 rings (SSSR count). The molecule has 1 aromatic heterocycles. The van der Waals surface area contributed by atoms with E-state index >= 15 is 0 Å². The van der Waals surface area contributed by atoms with Crippen LogP contribution in [-0.4, -0.2) is 70.4 Å². The van der Waals surface area contributed by atoms with Crippen molar-refractivity contribution >= 4 is 34.1 Å². The van der Waals surface area contributed by atoms with E-state index in [-0.39, 0.29) is 5.82 Å². The van der Waals surface area contributed by atoms with Crippen LogP contribution in [0.25, 0.3) is 10.9 Å².